The molecule has 1 aromatic heterocycles. The lowest BCUT2D eigenvalue weighted by Gasteiger charge is -1.97. The van der Waals surface area contributed by atoms with E-state index in [0.29, 0.717) is 17.3 Å². The monoisotopic (exact) mass is 205 g/mol. The Kier molecular flexibility index (Phi) is 2.43. The molecule has 4 heteroatoms. The SMILES string of the molecule is Cc1oc(CO)nc1-c1ccc(O)cc1. The Bertz CT molecular complexity index is 459. The van der Waals surface area contributed by atoms with Gasteiger partial charge >= 0.3 is 0 Å². The molecule has 0 aliphatic rings. The number of phenols is 1. The molecule has 0 fully saturated rings. The molecular weight excluding hydrogens is 194 g/mol. The van der Waals surface area contributed by atoms with Crippen LogP contribution in [0.15, 0.2) is 28.7 Å². The van der Waals surface area contributed by atoms with Crippen LogP contribution in [0.1, 0.15) is 11.7 Å². The first kappa shape index (κ1) is 9.73. The summed E-state index contributed by atoms with van der Waals surface area (Å²) in [6, 6.07) is 6.67. The van der Waals surface area contributed by atoms with E-state index in [9.17, 15) is 0 Å². The summed E-state index contributed by atoms with van der Waals surface area (Å²) >= 11 is 0. The van der Waals surface area contributed by atoms with Gasteiger partial charge in [-0.25, -0.2) is 4.98 Å². The zero-order chi connectivity index (χ0) is 10.8. The van der Waals surface area contributed by atoms with E-state index in [2.05, 4.69) is 4.98 Å². The minimum atomic E-state index is -0.209. The standard InChI is InChI=1S/C11H11NO3/c1-7-11(12-10(6-13)15-7)8-2-4-9(14)5-3-8/h2-5,13-14H,6H2,1H3. The summed E-state index contributed by atoms with van der Waals surface area (Å²) < 4.78 is 5.22. The van der Waals surface area contributed by atoms with Gasteiger partial charge in [0, 0.05) is 5.56 Å². The maximum Gasteiger partial charge on any atom is 0.220 e. The molecule has 2 aromatic rings. The highest BCUT2D eigenvalue weighted by Crippen LogP contribution is 2.24. The average Bonchev–Trinajstić information content (AvgIpc) is 2.61. The van der Waals surface area contributed by atoms with Gasteiger partial charge in [0.1, 0.15) is 23.8 Å². The molecule has 0 spiro atoms. The number of phenolic OH excluding ortho intramolecular Hbond substituents is 1. The molecule has 0 aliphatic heterocycles. The third-order valence-corrected chi connectivity index (χ3v) is 2.12. The molecule has 0 bridgehead atoms. The first-order valence-electron chi connectivity index (χ1n) is 4.57. The quantitative estimate of drug-likeness (QED) is 0.785. The Morgan fingerprint density at radius 2 is 1.93 bits per heavy atom. The molecule has 1 aromatic carbocycles. The van der Waals surface area contributed by atoms with Gasteiger partial charge in [-0.3, -0.25) is 0 Å². The van der Waals surface area contributed by atoms with E-state index in [1.54, 1.807) is 31.2 Å². The fraction of sp³-hybridized carbons (Fsp3) is 0.182. The number of benzene rings is 1. The molecule has 0 saturated heterocycles. The highest BCUT2D eigenvalue weighted by atomic mass is 16.4. The van der Waals surface area contributed by atoms with Crippen molar-refractivity contribution in [1.82, 2.24) is 4.98 Å². The van der Waals surface area contributed by atoms with Gasteiger partial charge in [-0.2, -0.15) is 0 Å². The van der Waals surface area contributed by atoms with Gasteiger partial charge < -0.3 is 14.6 Å². The smallest absolute Gasteiger partial charge is 0.220 e. The van der Waals surface area contributed by atoms with Gasteiger partial charge in [-0.15, -0.1) is 0 Å². The predicted molar refractivity (Wildman–Crippen MR) is 54.3 cm³/mol. The second-order valence-electron chi connectivity index (χ2n) is 3.22. The van der Waals surface area contributed by atoms with Gasteiger partial charge in [0.2, 0.25) is 5.89 Å². The molecule has 1 heterocycles. The van der Waals surface area contributed by atoms with Crippen LogP contribution in [0.3, 0.4) is 0 Å². The van der Waals surface area contributed by atoms with Crippen LogP contribution in [0.4, 0.5) is 0 Å². The van der Waals surface area contributed by atoms with Crippen LogP contribution in [-0.2, 0) is 6.61 Å². The number of hydrogen-bond donors (Lipinski definition) is 2. The first-order chi connectivity index (χ1) is 7.20. The van der Waals surface area contributed by atoms with Crippen LogP contribution in [0.2, 0.25) is 0 Å². The summed E-state index contributed by atoms with van der Waals surface area (Å²) in [5, 5.41) is 18.0. The molecule has 2 N–H and O–H groups in total. The Balaban J connectivity index is 2.44. The van der Waals surface area contributed by atoms with E-state index in [1.807, 2.05) is 0 Å². The lowest BCUT2D eigenvalue weighted by molar-refractivity contribution is 0.238. The van der Waals surface area contributed by atoms with Crippen molar-refractivity contribution in [1.29, 1.82) is 0 Å². The topological polar surface area (TPSA) is 66.5 Å². The highest BCUT2D eigenvalue weighted by Gasteiger charge is 2.10. The molecule has 0 radical (unpaired) electrons. The molecule has 2 rings (SSSR count). The molecule has 15 heavy (non-hydrogen) atoms. The van der Waals surface area contributed by atoms with Crippen molar-refractivity contribution in [2.75, 3.05) is 0 Å². The van der Waals surface area contributed by atoms with Crippen molar-refractivity contribution in [3.63, 3.8) is 0 Å². The number of aromatic nitrogens is 1. The van der Waals surface area contributed by atoms with E-state index < -0.39 is 0 Å². The Hall–Kier alpha value is -1.81. The normalized spacial score (nSPS) is 10.5. The summed E-state index contributed by atoms with van der Waals surface area (Å²) in [5.74, 6) is 1.17. The molecule has 0 aliphatic carbocycles. The summed E-state index contributed by atoms with van der Waals surface area (Å²) in [5.41, 5.74) is 1.55. The second-order valence-corrected chi connectivity index (χ2v) is 3.22. The Labute approximate surface area is 86.8 Å². The molecule has 4 nitrogen and oxygen atoms in total. The number of aryl methyl sites for hydroxylation is 1. The largest absolute Gasteiger partial charge is 0.508 e. The molecule has 0 amide bonds. The van der Waals surface area contributed by atoms with Crippen molar-refractivity contribution >= 4 is 0 Å². The van der Waals surface area contributed by atoms with Gasteiger partial charge in [0.05, 0.1) is 0 Å². The zero-order valence-corrected chi connectivity index (χ0v) is 8.27. The van der Waals surface area contributed by atoms with E-state index >= 15 is 0 Å². The van der Waals surface area contributed by atoms with Gasteiger partial charge in [0.25, 0.3) is 0 Å². The molecule has 78 valence electrons. The summed E-state index contributed by atoms with van der Waals surface area (Å²) in [4.78, 5) is 4.13. The van der Waals surface area contributed by atoms with Gasteiger partial charge in [-0.1, -0.05) is 0 Å². The van der Waals surface area contributed by atoms with Crippen LogP contribution in [-0.4, -0.2) is 15.2 Å². The first-order valence-corrected chi connectivity index (χ1v) is 4.57. The molecule has 0 atom stereocenters. The number of aromatic hydroxyl groups is 1. The van der Waals surface area contributed by atoms with E-state index in [0.717, 1.165) is 5.56 Å². The molecule has 0 saturated carbocycles. The lowest BCUT2D eigenvalue weighted by atomic mass is 10.1. The van der Waals surface area contributed by atoms with Crippen LogP contribution >= 0.6 is 0 Å². The minimum Gasteiger partial charge on any atom is -0.508 e. The fourth-order valence-corrected chi connectivity index (χ4v) is 1.41. The average molecular weight is 205 g/mol. The lowest BCUT2D eigenvalue weighted by Crippen LogP contribution is -1.83. The Morgan fingerprint density at radius 1 is 1.27 bits per heavy atom. The van der Waals surface area contributed by atoms with Crippen molar-refractivity contribution in [3.8, 4) is 17.0 Å². The van der Waals surface area contributed by atoms with Crippen molar-refractivity contribution in [2.24, 2.45) is 0 Å². The van der Waals surface area contributed by atoms with Gasteiger partial charge in [-0.05, 0) is 31.2 Å². The highest BCUT2D eigenvalue weighted by molar-refractivity contribution is 5.61. The summed E-state index contributed by atoms with van der Waals surface area (Å²) in [6.07, 6.45) is 0. The number of aliphatic hydroxyl groups excluding tert-OH is 1. The second kappa shape index (κ2) is 3.74. The fourth-order valence-electron chi connectivity index (χ4n) is 1.41. The maximum absolute atomic E-state index is 9.14. The number of oxazole rings is 1. The van der Waals surface area contributed by atoms with Crippen LogP contribution in [0.25, 0.3) is 11.3 Å². The molecule has 0 unspecified atom stereocenters. The number of hydrogen-bond acceptors (Lipinski definition) is 4. The van der Waals surface area contributed by atoms with E-state index in [4.69, 9.17) is 14.6 Å². The summed E-state index contributed by atoms with van der Waals surface area (Å²) in [7, 11) is 0. The van der Waals surface area contributed by atoms with Gasteiger partial charge in [0.15, 0.2) is 0 Å². The zero-order valence-electron chi connectivity index (χ0n) is 8.27. The summed E-state index contributed by atoms with van der Waals surface area (Å²) in [6.45, 7) is 1.58. The van der Waals surface area contributed by atoms with Crippen LogP contribution in [0, 0.1) is 6.92 Å². The van der Waals surface area contributed by atoms with Crippen molar-refractivity contribution in [2.45, 2.75) is 13.5 Å². The molecular formula is C11H11NO3. The number of rotatable bonds is 2. The maximum atomic E-state index is 9.14. The Morgan fingerprint density at radius 3 is 2.47 bits per heavy atom. The number of aliphatic hydroxyl groups is 1. The van der Waals surface area contributed by atoms with E-state index in [1.165, 1.54) is 0 Å². The van der Waals surface area contributed by atoms with Crippen molar-refractivity contribution in [3.05, 3.63) is 35.9 Å². The minimum absolute atomic E-state index is 0.209. The van der Waals surface area contributed by atoms with Crippen LogP contribution in [0.5, 0.6) is 5.75 Å². The number of nitrogens with zero attached hydrogens (tertiary/aromatic N) is 1. The van der Waals surface area contributed by atoms with Crippen LogP contribution < -0.4 is 0 Å². The predicted octanol–water partition coefficient (Wildman–Crippen LogP) is 1.85. The van der Waals surface area contributed by atoms with Crippen molar-refractivity contribution < 1.29 is 14.6 Å². The van der Waals surface area contributed by atoms with E-state index in [-0.39, 0.29) is 12.4 Å². The third kappa shape index (κ3) is 1.85. The third-order valence-electron chi connectivity index (χ3n) is 2.12.